The maximum absolute atomic E-state index is 6.50. The summed E-state index contributed by atoms with van der Waals surface area (Å²) >= 11 is 0. The van der Waals surface area contributed by atoms with Crippen LogP contribution in [-0.2, 0) is 0 Å². The van der Waals surface area contributed by atoms with Gasteiger partial charge in [0.15, 0.2) is 17.0 Å². The Morgan fingerprint density at radius 1 is 1.58 bits per heavy atom. The van der Waals surface area contributed by atoms with Crippen LogP contribution in [0.5, 0.6) is 0 Å². The Hall–Kier alpha value is -2.08. The number of fused-ring (bicyclic) bond motifs is 1. The van der Waals surface area contributed by atoms with Crippen molar-refractivity contribution in [3.63, 3.8) is 0 Å². The van der Waals surface area contributed by atoms with Crippen molar-refractivity contribution in [3.05, 3.63) is 0 Å². The summed E-state index contributed by atoms with van der Waals surface area (Å²) in [5.74, 6) is 0.680. The standard InChI is InChI=1S/C4H3N8/c5-11-8-4-2-3(7-1-6-2)9-12-10-4/h1-2,5H/q+1. The van der Waals surface area contributed by atoms with Crippen molar-refractivity contribution < 1.29 is 0 Å². The molecule has 0 amide bonds. The van der Waals surface area contributed by atoms with Gasteiger partial charge in [-0.05, 0) is 5.22 Å². The number of rotatable bonds is 0. The van der Waals surface area contributed by atoms with E-state index in [0.29, 0.717) is 5.84 Å². The minimum Gasteiger partial charge on any atom is -0.253 e. The van der Waals surface area contributed by atoms with E-state index in [9.17, 15) is 0 Å². The average Bonchev–Trinajstić information content (AvgIpc) is 2.53. The molecule has 2 aliphatic heterocycles. The fraction of sp³-hybridized carbons (Fsp3) is 0.250. The van der Waals surface area contributed by atoms with Crippen molar-refractivity contribution in [2.24, 2.45) is 30.5 Å². The predicted molar refractivity (Wildman–Crippen MR) is 39.3 cm³/mol. The van der Waals surface area contributed by atoms with E-state index >= 15 is 0 Å². The van der Waals surface area contributed by atoms with Crippen LogP contribution in [0.3, 0.4) is 0 Å². The largest absolute Gasteiger partial charge is 0.273 e. The molecule has 0 bridgehead atoms. The van der Waals surface area contributed by atoms with E-state index in [2.05, 4.69) is 35.4 Å². The molecule has 2 aliphatic rings. The first kappa shape index (κ1) is 6.62. The number of aliphatic imine (C=N–C) groups is 2. The van der Waals surface area contributed by atoms with Gasteiger partial charge in [-0.1, -0.05) is 0 Å². The topological polar surface area (TPSA) is 112 Å². The number of nitrogens with one attached hydrogen (secondary N) is 1. The lowest BCUT2D eigenvalue weighted by atomic mass is 10.2. The minimum absolute atomic E-state index is 0.243. The van der Waals surface area contributed by atoms with Gasteiger partial charge in [-0.3, -0.25) is 4.99 Å². The average molecular weight is 163 g/mol. The highest BCUT2D eigenvalue weighted by atomic mass is 15.4. The summed E-state index contributed by atoms with van der Waals surface area (Å²) in [7, 11) is 0. The first-order chi connectivity index (χ1) is 5.92. The zero-order chi connectivity index (χ0) is 8.39. The molecule has 8 nitrogen and oxygen atoms in total. The van der Waals surface area contributed by atoms with E-state index in [0.717, 1.165) is 0 Å². The Balaban J connectivity index is 2.41. The van der Waals surface area contributed by atoms with Crippen molar-refractivity contribution in [3.8, 4) is 0 Å². The third-order valence-electron chi connectivity index (χ3n) is 1.34. The van der Waals surface area contributed by atoms with Gasteiger partial charge in [0, 0.05) is 0 Å². The van der Waals surface area contributed by atoms with Crippen LogP contribution in [0.2, 0.25) is 0 Å². The molecule has 0 radical (unpaired) electrons. The fourth-order valence-electron chi connectivity index (χ4n) is 0.854. The fourth-order valence-corrected chi connectivity index (χ4v) is 0.854. The summed E-state index contributed by atoms with van der Waals surface area (Å²) in [6.07, 6.45) is 1.36. The predicted octanol–water partition coefficient (Wildman–Crippen LogP) is 0.125. The molecule has 1 unspecified atom stereocenters. The van der Waals surface area contributed by atoms with Gasteiger partial charge in [0.1, 0.15) is 11.9 Å². The van der Waals surface area contributed by atoms with Gasteiger partial charge in [-0.15, -0.1) is 10.2 Å². The van der Waals surface area contributed by atoms with Crippen LogP contribution >= 0.6 is 0 Å². The molecule has 0 spiro atoms. The molecule has 0 fully saturated rings. The molecule has 0 aromatic heterocycles. The van der Waals surface area contributed by atoms with Crippen LogP contribution in [0.25, 0.3) is 0 Å². The molecule has 12 heavy (non-hydrogen) atoms. The van der Waals surface area contributed by atoms with Crippen molar-refractivity contribution in [1.29, 1.82) is 5.53 Å². The summed E-state index contributed by atoms with van der Waals surface area (Å²) in [6, 6.07) is -0.420. The summed E-state index contributed by atoms with van der Waals surface area (Å²) in [5.41, 5.74) is 6.50. The summed E-state index contributed by atoms with van der Waals surface area (Å²) in [5, 5.41) is 14.0. The van der Waals surface area contributed by atoms with Crippen molar-refractivity contribution in [1.82, 2.24) is 4.91 Å². The monoisotopic (exact) mass is 163 g/mol. The van der Waals surface area contributed by atoms with Gasteiger partial charge in [0.2, 0.25) is 4.91 Å². The SMILES string of the molecule is N=[N+]=NC1=NN=NC2=NC=NC21. The Labute approximate surface area is 66.1 Å². The van der Waals surface area contributed by atoms with Gasteiger partial charge >= 0.3 is 0 Å². The first-order valence-electron chi connectivity index (χ1n) is 3.07. The lowest BCUT2D eigenvalue weighted by molar-refractivity contribution is 0.923. The maximum atomic E-state index is 6.50. The molecule has 1 N–H and O–H groups in total. The summed E-state index contributed by atoms with van der Waals surface area (Å²) in [4.78, 5) is 10.6. The Morgan fingerprint density at radius 2 is 2.50 bits per heavy atom. The summed E-state index contributed by atoms with van der Waals surface area (Å²) in [6.45, 7) is 0. The second-order valence-electron chi connectivity index (χ2n) is 2.00. The van der Waals surface area contributed by atoms with E-state index < -0.39 is 6.04 Å². The highest BCUT2D eigenvalue weighted by Gasteiger charge is 2.30. The van der Waals surface area contributed by atoms with Crippen LogP contribution in [-0.4, -0.2) is 24.1 Å². The van der Waals surface area contributed by atoms with E-state index in [1.54, 1.807) is 0 Å². The van der Waals surface area contributed by atoms with Crippen molar-refractivity contribution >= 4 is 18.0 Å². The number of nitrogens with zero attached hydrogens (tertiary/aromatic N) is 7. The molecule has 8 heteroatoms. The van der Waals surface area contributed by atoms with Crippen molar-refractivity contribution in [2.45, 2.75) is 6.04 Å². The lowest BCUT2D eigenvalue weighted by Crippen LogP contribution is -2.25. The van der Waals surface area contributed by atoms with Gasteiger partial charge in [-0.25, -0.2) is 4.99 Å². The Morgan fingerprint density at radius 3 is 3.33 bits per heavy atom. The third-order valence-corrected chi connectivity index (χ3v) is 1.34. The Kier molecular flexibility index (Phi) is 1.39. The molecule has 2 rings (SSSR count). The summed E-state index contributed by atoms with van der Waals surface area (Å²) < 4.78 is 0. The molecule has 0 aromatic rings. The second kappa shape index (κ2) is 2.51. The van der Waals surface area contributed by atoms with Crippen LogP contribution < -0.4 is 4.91 Å². The molecular weight excluding hydrogens is 160 g/mol. The molecule has 58 valence electrons. The van der Waals surface area contributed by atoms with Gasteiger partial charge < -0.3 is 0 Å². The van der Waals surface area contributed by atoms with Gasteiger partial charge in [0.25, 0.3) is 5.84 Å². The smallest absolute Gasteiger partial charge is 0.253 e. The molecule has 0 aromatic carbocycles. The van der Waals surface area contributed by atoms with Gasteiger partial charge in [0.05, 0.1) is 0 Å². The quantitative estimate of drug-likeness (QED) is 0.386. The van der Waals surface area contributed by atoms with Crippen LogP contribution in [0, 0.1) is 5.53 Å². The third kappa shape index (κ3) is 0.867. The second-order valence-corrected chi connectivity index (χ2v) is 2.00. The Bertz CT molecular complexity index is 367. The van der Waals surface area contributed by atoms with E-state index in [1.807, 2.05) is 0 Å². The molecule has 0 saturated heterocycles. The van der Waals surface area contributed by atoms with Crippen LogP contribution in [0.15, 0.2) is 30.5 Å². The van der Waals surface area contributed by atoms with Crippen LogP contribution in [0.4, 0.5) is 0 Å². The van der Waals surface area contributed by atoms with E-state index in [4.69, 9.17) is 5.53 Å². The first-order valence-corrected chi connectivity index (χ1v) is 3.07. The zero-order valence-electron chi connectivity index (χ0n) is 5.79. The lowest BCUT2D eigenvalue weighted by Gasteiger charge is -2.02. The zero-order valence-corrected chi connectivity index (χ0v) is 5.79. The van der Waals surface area contributed by atoms with Crippen molar-refractivity contribution in [2.75, 3.05) is 0 Å². The molecule has 0 aliphatic carbocycles. The van der Waals surface area contributed by atoms with Gasteiger partial charge in [-0.2, -0.15) is 0 Å². The number of hydrogen-bond donors (Lipinski definition) is 1. The number of amidine groups is 2. The molecule has 0 saturated carbocycles. The molecular formula is C4H3N8+. The highest BCUT2D eigenvalue weighted by molar-refractivity contribution is 6.15. The highest BCUT2D eigenvalue weighted by Crippen LogP contribution is 2.11. The maximum Gasteiger partial charge on any atom is 0.273 e. The van der Waals surface area contributed by atoms with E-state index in [1.165, 1.54) is 6.34 Å². The normalized spacial score (nSPS) is 24.2. The molecule has 1 atom stereocenters. The molecule has 2 heterocycles. The minimum atomic E-state index is -0.420. The van der Waals surface area contributed by atoms with Crippen LogP contribution in [0.1, 0.15) is 0 Å². The van der Waals surface area contributed by atoms with E-state index in [-0.39, 0.29) is 5.84 Å². The number of hydrogen-bond acceptors (Lipinski definition) is 7.